The molecule has 0 aromatic rings. The third-order valence-corrected chi connectivity index (χ3v) is 2.98. The van der Waals surface area contributed by atoms with Gasteiger partial charge in [-0.25, -0.2) is 12.7 Å². The fourth-order valence-corrected chi connectivity index (χ4v) is 1.39. The summed E-state index contributed by atoms with van der Waals surface area (Å²) in [6.07, 6.45) is 0.631. The van der Waals surface area contributed by atoms with Crippen molar-refractivity contribution in [2.75, 3.05) is 26.5 Å². The van der Waals surface area contributed by atoms with Crippen LogP contribution in [0.4, 0.5) is 0 Å². The number of hydrogen-bond donors (Lipinski definition) is 1. The molecule has 0 aliphatic heterocycles. The van der Waals surface area contributed by atoms with Crippen LogP contribution in [0.1, 0.15) is 13.8 Å². The van der Waals surface area contributed by atoms with Gasteiger partial charge in [0.1, 0.15) is 0 Å². The van der Waals surface area contributed by atoms with Crippen LogP contribution in [0.3, 0.4) is 0 Å². The number of likely N-dealkylation sites (N-methyl/N-ethyl adjacent to an activating group) is 1. The lowest BCUT2D eigenvalue weighted by atomic mass is 10.3. The molecule has 1 atom stereocenters. The van der Waals surface area contributed by atoms with Crippen molar-refractivity contribution in [2.24, 2.45) is 0 Å². The lowest BCUT2D eigenvalue weighted by Gasteiger charge is -2.22. The molecule has 6 heteroatoms. The zero-order chi connectivity index (χ0) is 11.4. The van der Waals surface area contributed by atoms with Gasteiger partial charge in [-0.2, -0.15) is 0 Å². The molecule has 0 saturated carbocycles. The van der Waals surface area contributed by atoms with E-state index in [0.29, 0.717) is 0 Å². The lowest BCUT2D eigenvalue weighted by molar-refractivity contribution is -0.0285. The molecule has 0 radical (unpaired) electrons. The molecule has 0 fully saturated rings. The van der Waals surface area contributed by atoms with Gasteiger partial charge in [0.05, 0.1) is 25.1 Å². The first-order valence-corrected chi connectivity index (χ1v) is 6.29. The van der Waals surface area contributed by atoms with Crippen LogP contribution in [0.5, 0.6) is 0 Å². The van der Waals surface area contributed by atoms with Gasteiger partial charge in [-0.15, -0.1) is 0 Å². The Bertz CT molecular complexity index is 250. The van der Waals surface area contributed by atoms with Crippen molar-refractivity contribution in [3.8, 4) is 0 Å². The molecule has 1 N–H and O–H groups in total. The minimum absolute atomic E-state index is 0.0277. The number of rotatable bonds is 6. The zero-order valence-electron chi connectivity index (χ0n) is 9.10. The Balaban J connectivity index is 4.19. The van der Waals surface area contributed by atoms with E-state index in [2.05, 4.69) is 0 Å². The number of aliphatic hydroxyl groups excluding tert-OH is 1. The van der Waals surface area contributed by atoms with Crippen molar-refractivity contribution < 1.29 is 18.3 Å². The molecule has 0 saturated heterocycles. The molecule has 0 aromatic heterocycles. The monoisotopic (exact) mass is 225 g/mol. The van der Waals surface area contributed by atoms with Crippen LogP contribution in [0, 0.1) is 0 Å². The molecule has 14 heavy (non-hydrogen) atoms. The van der Waals surface area contributed by atoms with Crippen molar-refractivity contribution >= 4 is 10.0 Å². The third-order valence-electron chi connectivity index (χ3n) is 1.70. The number of sulfonamides is 1. The molecule has 86 valence electrons. The maximum Gasteiger partial charge on any atom is 0.211 e. The first-order chi connectivity index (χ1) is 6.27. The number of nitrogens with zero attached hydrogens (tertiary/aromatic N) is 1. The van der Waals surface area contributed by atoms with Crippen molar-refractivity contribution in [3.05, 3.63) is 0 Å². The zero-order valence-corrected chi connectivity index (χ0v) is 9.91. The summed E-state index contributed by atoms with van der Waals surface area (Å²) in [5, 5.41) is 8.94. The molecule has 0 aliphatic carbocycles. The molecule has 0 unspecified atom stereocenters. The Kier molecular flexibility index (Phi) is 5.58. The SMILES string of the molecule is CC(C)O[C@H](CO)CN(C)S(C)(=O)=O. The average molecular weight is 225 g/mol. The summed E-state index contributed by atoms with van der Waals surface area (Å²) in [5.74, 6) is 0. The first kappa shape index (κ1) is 13.8. The Morgan fingerprint density at radius 3 is 2.21 bits per heavy atom. The summed E-state index contributed by atoms with van der Waals surface area (Å²) in [4.78, 5) is 0. The summed E-state index contributed by atoms with van der Waals surface area (Å²) < 4.78 is 28.6. The van der Waals surface area contributed by atoms with Gasteiger partial charge in [-0.3, -0.25) is 0 Å². The highest BCUT2D eigenvalue weighted by Gasteiger charge is 2.18. The van der Waals surface area contributed by atoms with Crippen LogP contribution < -0.4 is 0 Å². The van der Waals surface area contributed by atoms with Gasteiger partial charge in [0, 0.05) is 13.6 Å². The average Bonchev–Trinajstić information content (AvgIpc) is 2.00. The minimum Gasteiger partial charge on any atom is -0.394 e. The van der Waals surface area contributed by atoms with Gasteiger partial charge in [0.2, 0.25) is 10.0 Å². The molecule has 0 spiro atoms. The quantitative estimate of drug-likeness (QED) is 0.672. The topological polar surface area (TPSA) is 66.8 Å². The maximum atomic E-state index is 11.1. The minimum atomic E-state index is -3.20. The largest absolute Gasteiger partial charge is 0.394 e. The molecule has 0 bridgehead atoms. The van der Waals surface area contributed by atoms with Gasteiger partial charge in [0.15, 0.2) is 0 Å². The Morgan fingerprint density at radius 2 is 1.93 bits per heavy atom. The lowest BCUT2D eigenvalue weighted by Crippen LogP contribution is -2.37. The van der Waals surface area contributed by atoms with Crippen LogP contribution in [0.15, 0.2) is 0 Å². The van der Waals surface area contributed by atoms with E-state index in [-0.39, 0.29) is 19.3 Å². The van der Waals surface area contributed by atoms with E-state index in [4.69, 9.17) is 9.84 Å². The summed E-state index contributed by atoms with van der Waals surface area (Å²) in [7, 11) is -1.74. The maximum absolute atomic E-state index is 11.1. The molecule has 0 heterocycles. The highest BCUT2D eigenvalue weighted by Crippen LogP contribution is 2.02. The molecular formula is C8H19NO4S. The van der Waals surface area contributed by atoms with E-state index in [1.54, 1.807) is 0 Å². The molecule has 0 amide bonds. The predicted molar refractivity (Wildman–Crippen MR) is 54.6 cm³/mol. The van der Waals surface area contributed by atoms with Gasteiger partial charge >= 0.3 is 0 Å². The van der Waals surface area contributed by atoms with E-state index < -0.39 is 16.1 Å². The molecule has 0 aliphatic rings. The standard InChI is InChI=1S/C8H19NO4S/c1-7(2)13-8(6-10)5-9(3)14(4,11)12/h7-8,10H,5-6H2,1-4H3/t8-/m0/s1. The van der Waals surface area contributed by atoms with Crippen LogP contribution in [-0.4, -0.2) is 56.5 Å². The highest BCUT2D eigenvalue weighted by molar-refractivity contribution is 7.88. The van der Waals surface area contributed by atoms with Crippen molar-refractivity contribution in [3.63, 3.8) is 0 Å². The van der Waals surface area contributed by atoms with Gasteiger partial charge in [-0.1, -0.05) is 0 Å². The second-order valence-electron chi connectivity index (χ2n) is 3.53. The van der Waals surface area contributed by atoms with Crippen LogP contribution in [0.2, 0.25) is 0 Å². The smallest absolute Gasteiger partial charge is 0.211 e. The van der Waals surface area contributed by atoms with Crippen molar-refractivity contribution in [2.45, 2.75) is 26.1 Å². The fourth-order valence-electron chi connectivity index (χ4n) is 0.951. The van der Waals surface area contributed by atoms with Crippen LogP contribution >= 0.6 is 0 Å². The molecule has 0 rings (SSSR count). The van der Waals surface area contributed by atoms with Crippen LogP contribution in [-0.2, 0) is 14.8 Å². The molecule has 5 nitrogen and oxygen atoms in total. The summed E-state index contributed by atoms with van der Waals surface area (Å²) >= 11 is 0. The summed E-state index contributed by atoms with van der Waals surface area (Å²) in [5.41, 5.74) is 0. The van der Waals surface area contributed by atoms with E-state index in [0.717, 1.165) is 10.6 Å². The number of ether oxygens (including phenoxy) is 1. The Hall–Kier alpha value is -0.170. The normalized spacial score (nSPS) is 15.1. The highest BCUT2D eigenvalue weighted by atomic mass is 32.2. The van der Waals surface area contributed by atoms with Crippen molar-refractivity contribution in [1.82, 2.24) is 4.31 Å². The summed E-state index contributed by atoms with van der Waals surface area (Å²) in [6.45, 7) is 3.66. The molecule has 0 aromatic carbocycles. The predicted octanol–water partition coefficient (Wildman–Crippen LogP) is -0.336. The third kappa shape index (κ3) is 5.54. The second kappa shape index (κ2) is 5.65. The second-order valence-corrected chi connectivity index (χ2v) is 5.62. The first-order valence-electron chi connectivity index (χ1n) is 4.45. The number of hydrogen-bond acceptors (Lipinski definition) is 4. The van der Waals surface area contributed by atoms with Gasteiger partial charge in [-0.05, 0) is 13.8 Å². The van der Waals surface area contributed by atoms with E-state index >= 15 is 0 Å². The van der Waals surface area contributed by atoms with E-state index in [9.17, 15) is 8.42 Å². The number of aliphatic hydroxyl groups is 1. The summed E-state index contributed by atoms with van der Waals surface area (Å²) in [6, 6.07) is 0. The van der Waals surface area contributed by atoms with Gasteiger partial charge in [0.25, 0.3) is 0 Å². The van der Waals surface area contributed by atoms with E-state index in [1.165, 1.54) is 7.05 Å². The molecular weight excluding hydrogens is 206 g/mol. The Labute approximate surface area is 85.7 Å². The van der Waals surface area contributed by atoms with Gasteiger partial charge < -0.3 is 9.84 Å². The van der Waals surface area contributed by atoms with Crippen molar-refractivity contribution in [1.29, 1.82) is 0 Å². The van der Waals surface area contributed by atoms with Crippen LogP contribution in [0.25, 0.3) is 0 Å². The fraction of sp³-hybridized carbons (Fsp3) is 1.00. The Morgan fingerprint density at radius 1 is 1.43 bits per heavy atom. The van der Waals surface area contributed by atoms with E-state index in [1.807, 2.05) is 13.8 Å².